The normalized spacial score (nSPS) is 12.7. The van der Waals surface area contributed by atoms with E-state index < -0.39 is 0 Å². The van der Waals surface area contributed by atoms with Crippen LogP contribution in [-0.2, 0) is 0 Å². The van der Waals surface area contributed by atoms with E-state index in [0.717, 1.165) is 13.1 Å². The Balaban J connectivity index is 2.11. The number of hydrogen-bond acceptors (Lipinski definition) is 3. The molecule has 84 valence electrons. The second-order valence-electron chi connectivity index (χ2n) is 3.76. The van der Waals surface area contributed by atoms with E-state index in [2.05, 4.69) is 41.2 Å². The fraction of sp³-hybridized carbons (Fsp3) is 0.500. The average molecular weight is 224 g/mol. The van der Waals surface area contributed by atoms with Crippen molar-refractivity contribution in [2.45, 2.75) is 18.2 Å². The van der Waals surface area contributed by atoms with E-state index >= 15 is 0 Å². The van der Waals surface area contributed by atoms with Gasteiger partial charge in [-0.25, -0.2) is 0 Å². The zero-order valence-corrected chi connectivity index (χ0v) is 10.3. The van der Waals surface area contributed by atoms with E-state index in [9.17, 15) is 0 Å². The quantitative estimate of drug-likeness (QED) is 0.696. The van der Waals surface area contributed by atoms with Crippen molar-refractivity contribution < 1.29 is 0 Å². The van der Waals surface area contributed by atoms with E-state index in [1.54, 1.807) is 11.9 Å². The van der Waals surface area contributed by atoms with Crippen molar-refractivity contribution in [3.63, 3.8) is 0 Å². The topological polar surface area (TPSA) is 24.1 Å². The second kappa shape index (κ2) is 7.74. The van der Waals surface area contributed by atoms with Crippen LogP contribution in [0.4, 0.5) is 0 Å². The van der Waals surface area contributed by atoms with E-state index in [4.69, 9.17) is 0 Å². The largest absolute Gasteiger partial charge is 0.320 e. The van der Waals surface area contributed by atoms with Crippen LogP contribution in [-0.4, -0.2) is 20.1 Å². The van der Waals surface area contributed by atoms with Gasteiger partial charge in [-0.3, -0.25) is 4.72 Å². The van der Waals surface area contributed by atoms with Gasteiger partial charge in [0.25, 0.3) is 0 Å². The molecule has 2 nitrogen and oxygen atoms in total. The van der Waals surface area contributed by atoms with E-state index in [0.29, 0.717) is 5.92 Å². The predicted molar refractivity (Wildman–Crippen MR) is 68.0 cm³/mol. The molecule has 2 N–H and O–H groups in total. The van der Waals surface area contributed by atoms with E-state index in [1.807, 2.05) is 13.1 Å². The Kier molecular flexibility index (Phi) is 6.48. The standard InChI is InChI=1S/C12H20N2S/c1-11(8-9-13-2)10-14-15-12-6-4-3-5-7-12/h3-7,11,13-14H,8-10H2,1-2H3. The molecule has 1 atom stereocenters. The summed E-state index contributed by atoms with van der Waals surface area (Å²) in [5.74, 6) is 0.716. The highest BCUT2D eigenvalue weighted by atomic mass is 32.2. The highest BCUT2D eigenvalue weighted by molar-refractivity contribution is 7.97. The first-order valence-corrected chi connectivity index (χ1v) is 6.24. The molecule has 15 heavy (non-hydrogen) atoms. The predicted octanol–water partition coefficient (Wildman–Crippen LogP) is 2.53. The molecule has 0 spiro atoms. The summed E-state index contributed by atoms with van der Waals surface area (Å²) in [5.41, 5.74) is 0. The molecule has 1 aromatic carbocycles. The van der Waals surface area contributed by atoms with Crippen LogP contribution in [0.15, 0.2) is 35.2 Å². The van der Waals surface area contributed by atoms with Gasteiger partial charge in [-0.15, -0.1) is 0 Å². The van der Waals surface area contributed by atoms with Crippen molar-refractivity contribution in [1.82, 2.24) is 10.0 Å². The lowest BCUT2D eigenvalue weighted by Gasteiger charge is -2.11. The van der Waals surface area contributed by atoms with Gasteiger partial charge in [-0.1, -0.05) is 25.1 Å². The fourth-order valence-electron chi connectivity index (χ4n) is 1.25. The number of rotatable bonds is 7. The smallest absolute Gasteiger partial charge is 0.0228 e. The van der Waals surface area contributed by atoms with Gasteiger partial charge < -0.3 is 5.32 Å². The van der Waals surface area contributed by atoms with Gasteiger partial charge in [0.1, 0.15) is 0 Å². The van der Waals surface area contributed by atoms with Crippen LogP contribution in [0.2, 0.25) is 0 Å². The lowest BCUT2D eigenvalue weighted by Crippen LogP contribution is -2.19. The first-order chi connectivity index (χ1) is 7.33. The molecule has 0 aliphatic carbocycles. The van der Waals surface area contributed by atoms with E-state index in [1.165, 1.54) is 11.3 Å². The van der Waals surface area contributed by atoms with Crippen molar-refractivity contribution in [1.29, 1.82) is 0 Å². The second-order valence-corrected chi connectivity index (χ2v) is 4.73. The summed E-state index contributed by atoms with van der Waals surface area (Å²) < 4.78 is 3.40. The summed E-state index contributed by atoms with van der Waals surface area (Å²) in [7, 11) is 2.00. The van der Waals surface area contributed by atoms with Crippen LogP contribution in [0.25, 0.3) is 0 Å². The molecule has 0 saturated carbocycles. The summed E-state index contributed by atoms with van der Waals surface area (Å²) >= 11 is 1.71. The Bertz CT molecular complexity index is 251. The summed E-state index contributed by atoms with van der Waals surface area (Å²) in [6.07, 6.45) is 1.22. The van der Waals surface area contributed by atoms with E-state index in [-0.39, 0.29) is 0 Å². The van der Waals surface area contributed by atoms with Gasteiger partial charge in [-0.2, -0.15) is 0 Å². The minimum Gasteiger partial charge on any atom is -0.320 e. The minimum atomic E-state index is 0.716. The van der Waals surface area contributed by atoms with Crippen LogP contribution in [0.3, 0.4) is 0 Å². The lowest BCUT2D eigenvalue weighted by molar-refractivity contribution is 0.515. The number of benzene rings is 1. The minimum absolute atomic E-state index is 0.716. The molecule has 0 aromatic heterocycles. The van der Waals surface area contributed by atoms with Crippen LogP contribution in [0.5, 0.6) is 0 Å². The maximum atomic E-state index is 3.40. The summed E-state index contributed by atoms with van der Waals surface area (Å²) in [6, 6.07) is 10.4. The van der Waals surface area contributed by atoms with Crippen molar-refractivity contribution >= 4 is 11.9 Å². The van der Waals surface area contributed by atoms with Crippen molar-refractivity contribution in [2.24, 2.45) is 5.92 Å². The average Bonchev–Trinajstić information content (AvgIpc) is 2.28. The number of nitrogens with one attached hydrogen (secondary N) is 2. The fourth-order valence-corrected chi connectivity index (χ4v) is 2.08. The Morgan fingerprint density at radius 3 is 2.67 bits per heavy atom. The van der Waals surface area contributed by atoms with Crippen LogP contribution in [0, 0.1) is 5.92 Å². The Morgan fingerprint density at radius 1 is 1.27 bits per heavy atom. The molecular formula is C12H20N2S. The molecule has 1 unspecified atom stereocenters. The third-order valence-electron chi connectivity index (χ3n) is 2.25. The van der Waals surface area contributed by atoms with Crippen LogP contribution in [0.1, 0.15) is 13.3 Å². The van der Waals surface area contributed by atoms with Gasteiger partial charge in [0.2, 0.25) is 0 Å². The van der Waals surface area contributed by atoms with Crippen LogP contribution < -0.4 is 10.0 Å². The lowest BCUT2D eigenvalue weighted by atomic mass is 10.1. The first-order valence-electron chi connectivity index (χ1n) is 5.42. The Labute approximate surface area is 97.0 Å². The molecule has 0 heterocycles. The van der Waals surface area contributed by atoms with Crippen molar-refractivity contribution in [2.75, 3.05) is 20.1 Å². The molecule has 0 saturated heterocycles. The summed E-state index contributed by atoms with van der Waals surface area (Å²) in [4.78, 5) is 1.28. The zero-order valence-electron chi connectivity index (χ0n) is 9.49. The molecule has 0 radical (unpaired) electrons. The molecule has 0 amide bonds. The molecule has 0 aliphatic rings. The van der Waals surface area contributed by atoms with Gasteiger partial charge in [0.15, 0.2) is 0 Å². The molecule has 3 heteroatoms. The summed E-state index contributed by atoms with van der Waals surface area (Å²) in [6.45, 7) is 4.43. The molecule has 1 rings (SSSR count). The summed E-state index contributed by atoms with van der Waals surface area (Å²) in [5, 5.41) is 3.17. The molecule has 0 bridgehead atoms. The highest BCUT2D eigenvalue weighted by Crippen LogP contribution is 2.13. The monoisotopic (exact) mass is 224 g/mol. The SMILES string of the molecule is CNCCC(C)CNSc1ccccc1. The van der Waals surface area contributed by atoms with Crippen molar-refractivity contribution in [3.8, 4) is 0 Å². The zero-order chi connectivity index (χ0) is 10.9. The van der Waals surface area contributed by atoms with Gasteiger partial charge in [0.05, 0.1) is 0 Å². The maximum absolute atomic E-state index is 3.40. The number of hydrogen-bond donors (Lipinski definition) is 2. The van der Waals surface area contributed by atoms with Gasteiger partial charge in [0, 0.05) is 11.4 Å². The van der Waals surface area contributed by atoms with Gasteiger partial charge in [-0.05, 0) is 50.0 Å². The third kappa shape index (κ3) is 5.82. The maximum Gasteiger partial charge on any atom is 0.0228 e. The molecule has 0 aliphatic heterocycles. The first kappa shape index (κ1) is 12.6. The molecular weight excluding hydrogens is 204 g/mol. The highest BCUT2D eigenvalue weighted by Gasteiger charge is 2.00. The molecule has 1 aromatic rings. The third-order valence-corrected chi connectivity index (χ3v) is 3.07. The Hall–Kier alpha value is -0.510. The molecule has 0 fully saturated rings. The Morgan fingerprint density at radius 2 is 2.00 bits per heavy atom. The van der Waals surface area contributed by atoms with Crippen molar-refractivity contribution in [3.05, 3.63) is 30.3 Å². The van der Waals surface area contributed by atoms with Crippen LogP contribution >= 0.6 is 11.9 Å². The van der Waals surface area contributed by atoms with Gasteiger partial charge >= 0.3 is 0 Å².